The quantitative estimate of drug-likeness (QED) is 0.465. The van der Waals surface area contributed by atoms with Gasteiger partial charge in [-0.1, -0.05) is 0 Å². The minimum atomic E-state index is -5.03. The van der Waals surface area contributed by atoms with Crippen molar-refractivity contribution in [2.24, 2.45) is 0 Å². The maximum atomic E-state index is 13.3. The van der Waals surface area contributed by atoms with Crippen LogP contribution < -0.4 is 10.0 Å². The minimum Gasteiger partial charge on any atom is -0.480 e. The summed E-state index contributed by atoms with van der Waals surface area (Å²) < 4.78 is 78.4. The van der Waals surface area contributed by atoms with Gasteiger partial charge in [0.05, 0.1) is 16.6 Å². The van der Waals surface area contributed by atoms with E-state index in [2.05, 4.69) is 5.32 Å². The Bertz CT molecular complexity index is 1090. The highest BCUT2D eigenvalue weighted by atomic mass is 32.2. The Morgan fingerprint density at radius 2 is 1.65 bits per heavy atom. The van der Waals surface area contributed by atoms with Gasteiger partial charge in [0.2, 0.25) is 0 Å². The van der Waals surface area contributed by atoms with Gasteiger partial charge < -0.3 is 15.5 Å². The van der Waals surface area contributed by atoms with Crippen molar-refractivity contribution in [3.05, 3.63) is 59.4 Å². The van der Waals surface area contributed by atoms with Crippen molar-refractivity contribution in [1.29, 1.82) is 0 Å². The summed E-state index contributed by atoms with van der Waals surface area (Å²) in [5.41, 5.74) is -2.31. The van der Waals surface area contributed by atoms with E-state index in [4.69, 9.17) is 5.11 Å². The number of aliphatic hydroxyl groups excluding tert-OH is 1. The predicted molar refractivity (Wildman–Crippen MR) is 99.2 cm³/mol. The number of anilines is 1. The SMILES string of the molecule is CC(O)C(NC(=O)c1ccc(S(=O)(=O)Nc2ccc(F)c(C(F)(F)F)c2)cc1)C(=O)O. The maximum absolute atomic E-state index is 13.3. The topological polar surface area (TPSA) is 133 Å². The van der Waals surface area contributed by atoms with Crippen LogP contribution in [0.3, 0.4) is 0 Å². The molecule has 0 fully saturated rings. The fraction of sp³-hybridized carbons (Fsp3) is 0.222. The number of carbonyl (C=O) groups excluding carboxylic acids is 1. The third-order valence-corrected chi connectivity index (χ3v) is 5.38. The Morgan fingerprint density at radius 1 is 1.06 bits per heavy atom. The molecule has 8 nitrogen and oxygen atoms in total. The van der Waals surface area contributed by atoms with Gasteiger partial charge in [-0.3, -0.25) is 9.52 Å². The van der Waals surface area contributed by atoms with E-state index in [1.165, 1.54) is 0 Å². The van der Waals surface area contributed by atoms with Crippen molar-refractivity contribution >= 4 is 27.6 Å². The third kappa shape index (κ3) is 5.92. The number of halogens is 4. The number of benzene rings is 2. The van der Waals surface area contributed by atoms with Crippen molar-refractivity contribution in [3.63, 3.8) is 0 Å². The van der Waals surface area contributed by atoms with Crippen LogP contribution in [0.25, 0.3) is 0 Å². The lowest BCUT2D eigenvalue weighted by Crippen LogP contribution is -2.47. The van der Waals surface area contributed by atoms with Gasteiger partial charge in [-0.2, -0.15) is 13.2 Å². The first-order valence-electron chi connectivity index (χ1n) is 8.43. The maximum Gasteiger partial charge on any atom is 0.419 e. The number of aliphatic carboxylic acids is 1. The minimum absolute atomic E-state index is 0.132. The average Bonchev–Trinajstić information content (AvgIpc) is 2.66. The smallest absolute Gasteiger partial charge is 0.419 e. The molecule has 0 aromatic heterocycles. The molecule has 13 heteroatoms. The highest BCUT2D eigenvalue weighted by Crippen LogP contribution is 2.33. The Kier molecular flexibility index (Phi) is 6.91. The number of sulfonamides is 1. The predicted octanol–water partition coefficient (Wildman–Crippen LogP) is 2.21. The second kappa shape index (κ2) is 8.89. The molecule has 2 rings (SSSR count). The molecule has 2 aromatic carbocycles. The molecular formula is C18H16F4N2O6S. The first-order valence-corrected chi connectivity index (χ1v) is 9.92. The monoisotopic (exact) mass is 464 g/mol. The molecule has 0 saturated carbocycles. The molecule has 0 spiro atoms. The molecule has 2 aromatic rings. The summed E-state index contributed by atoms with van der Waals surface area (Å²) in [5.74, 6) is -3.95. The Labute approximate surface area is 173 Å². The Balaban J connectivity index is 2.22. The summed E-state index contributed by atoms with van der Waals surface area (Å²) in [6.45, 7) is 1.15. The number of hydrogen-bond donors (Lipinski definition) is 4. The number of carboxylic acid groups (broad SMARTS) is 1. The van der Waals surface area contributed by atoms with Crippen LogP contribution in [0.1, 0.15) is 22.8 Å². The molecule has 4 N–H and O–H groups in total. The molecule has 31 heavy (non-hydrogen) atoms. The normalized spacial score (nSPS) is 13.9. The molecule has 168 valence electrons. The Morgan fingerprint density at radius 3 is 2.13 bits per heavy atom. The largest absolute Gasteiger partial charge is 0.480 e. The van der Waals surface area contributed by atoms with Crippen LogP contribution in [-0.4, -0.2) is 42.7 Å². The van der Waals surface area contributed by atoms with Crippen LogP contribution in [0.2, 0.25) is 0 Å². The Hall–Kier alpha value is -3.19. The number of alkyl halides is 3. The van der Waals surface area contributed by atoms with Crippen LogP contribution >= 0.6 is 0 Å². The molecule has 0 saturated heterocycles. The van der Waals surface area contributed by atoms with E-state index in [1.807, 2.05) is 4.72 Å². The van der Waals surface area contributed by atoms with E-state index >= 15 is 0 Å². The lowest BCUT2D eigenvalue weighted by Gasteiger charge is -2.17. The van der Waals surface area contributed by atoms with E-state index < -0.39 is 62.2 Å². The van der Waals surface area contributed by atoms with E-state index in [-0.39, 0.29) is 5.56 Å². The summed E-state index contributed by atoms with van der Waals surface area (Å²) in [6, 6.07) is 3.98. The number of hydrogen-bond acceptors (Lipinski definition) is 5. The number of nitrogens with one attached hydrogen (secondary N) is 2. The van der Waals surface area contributed by atoms with Gasteiger partial charge in [-0.25, -0.2) is 17.6 Å². The van der Waals surface area contributed by atoms with Crippen molar-refractivity contribution in [2.75, 3.05) is 4.72 Å². The molecule has 0 aliphatic rings. The highest BCUT2D eigenvalue weighted by Gasteiger charge is 2.34. The number of carboxylic acids is 1. The molecule has 0 heterocycles. The van der Waals surface area contributed by atoms with Crippen LogP contribution in [-0.2, 0) is 21.0 Å². The van der Waals surface area contributed by atoms with E-state index in [9.17, 15) is 40.7 Å². The molecule has 0 radical (unpaired) electrons. The summed E-state index contributed by atoms with van der Waals surface area (Å²) in [6.07, 6.45) is -6.43. The zero-order valence-electron chi connectivity index (χ0n) is 15.6. The van der Waals surface area contributed by atoms with Crippen LogP contribution in [0.5, 0.6) is 0 Å². The fourth-order valence-corrected chi connectivity index (χ4v) is 3.47. The van der Waals surface area contributed by atoms with Crippen molar-refractivity contribution in [3.8, 4) is 0 Å². The van der Waals surface area contributed by atoms with E-state index in [1.54, 1.807) is 0 Å². The number of rotatable bonds is 7. The van der Waals surface area contributed by atoms with Crippen LogP contribution in [0, 0.1) is 5.82 Å². The second-order valence-electron chi connectivity index (χ2n) is 6.35. The van der Waals surface area contributed by atoms with Crippen LogP contribution in [0.15, 0.2) is 47.4 Å². The van der Waals surface area contributed by atoms with Crippen molar-refractivity contribution in [2.45, 2.75) is 30.1 Å². The zero-order chi connectivity index (χ0) is 23.6. The molecule has 2 atom stereocenters. The second-order valence-corrected chi connectivity index (χ2v) is 8.03. The van der Waals surface area contributed by atoms with Gasteiger partial charge in [0.25, 0.3) is 15.9 Å². The van der Waals surface area contributed by atoms with Gasteiger partial charge >= 0.3 is 12.1 Å². The van der Waals surface area contributed by atoms with Crippen molar-refractivity contribution < 1.29 is 45.8 Å². The average molecular weight is 464 g/mol. The number of aliphatic hydroxyl groups is 1. The molecule has 1 amide bonds. The van der Waals surface area contributed by atoms with Gasteiger partial charge in [0, 0.05) is 11.3 Å². The summed E-state index contributed by atoms with van der Waals surface area (Å²) in [4.78, 5) is 22.7. The van der Waals surface area contributed by atoms with Crippen LogP contribution in [0.4, 0.5) is 23.2 Å². The van der Waals surface area contributed by atoms with Gasteiger partial charge in [-0.05, 0) is 49.4 Å². The first-order chi connectivity index (χ1) is 14.2. The van der Waals surface area contributed by atoms with E-state index in [0.29, 0.717) is 12.1 Å². The lowest BCUT2D eigenvalue weighted by atomic mass is 10.1. The highest BCUT2D eigenvalue weighted by molar-refractivity contribution is 7.92. The zero-order valence-corrected chi connectivity index (χ0v) is 16.5. The molecular weight excluding hydrogens is 448 g/mol. The number of amides is 1. The lowest BCUT2D eigenvalue weighted by molar-refractivity contribution is -0.142. The standard InChI is InChI=1S/C18H16F4N2O6S/c1-9(25)15(17(27)28)23-16(26)10-2-5-12(6-3-10)31(29,30)24-11-4-7-14(19)13(8-11)18(20,21)22/h2-9,15,24-25H,1H3,(H,23,26)(H,27,28). The summed E-state index contributed by atoms with van der Waals surface area (Å²) >= 11 is 0. The first kappa shape index (κ1) is 24.1. The molecule has 2 unspecified atom stereocenters. The third-order valence-electron chi connectivity index (χ3n) is 3.99. The fourth-order valence-electron chi connectivity index (χ4n) is 2.42. The molecule has 0 aliphatic heterocycles. The van der Waals surface area contributed by atoms with Gasteiger partial charge in [0.15, 0.2) is 6.04 Å². The van der Waals surface area contributed by atoms with Crippen molar-refractivity contribution in [1.82, 2.24) is 5.32 Å². The van der Waals surface area contributed by atoms with E-state index in [0.717, 1.165) is 37.3 Å². The van der Waals surface area contributed by atoms with Gasteiger partial charge in [-0.15, -0.1) is 0 Å². The summed E-state index contributed by atoms with van der Waals surface area (Å²) in [7, 11) is -4.39. The van der Waals surface area contributed by atoms with Gasteiger partial charge in [0.1, 0.15) is 5.82 Å². The summed E-state index contributed by atoms with van der Waals surface area (Å²) in [5, 5.41) is 20.4. The molecule has 0 aliphatic carbocycles. The molecule has 0 bridgehead atoms. The number of carbonyl (C=O) groups is 2.